The van der Waals surface area contributed by atoms with Crippen LogP contribution >= 0.6 is 0 Å². The van der Waals surface area contributed by atoms with E-state index < -0.39 is 0 Å². The fraction of sp³-hybridized carbons (Fsp3) is 0.474. The molecule has 0 spiro atoms. The Morgan fingerprint density at radius 3 is 3.04 bits per heavy atom. The number of rotatable bonds is 5. The number of aromatic nitrogens is 1. The minimum Gasteiger partial charge on any atom is -0.484 e. The van der Waals surface area contributed by atoms with Crippen LogP contribution in [0.2, 0.25) is 0 Å². The van der Waals surface area contributed by atoms with Gasteiger partial charge in [-0.3, -0.25) is 4.79 Å². The van der Waals surface area contributed by atoms with E-state index in [1.165, 1.54) is 6.26 Å². The van der Waals surface area contributed by atoms with Gasteiger partial charge in [0.25, 0.3) is 5.91 Å². The van der Waals surface area contributed by atoms with Crippen LogP contribution in [0.25, 0.3) is 0 Å². The topological polar surface area (TPSA) is 92.1 Å². The summed E-state index contributed by atoms with van der Waals surface area (Å²) in [5.41, 5.74) is 0.00693. The Morgan fingerprint density at radius 2 is 2.19 bits per heavy atom. The summed E-state index contributed by atoms with van der Waals surface area (Å²) in [6, 6.07) is 5.36. The molecule has 8 heteroatoms. The molecule has 144 valence electrons. The monoisotopic (exact) mass is 374 g/mol. The van der Waals surface area contributed by atoms with Gasteiger partial charge in [-0.2, -0.15) is 0 Å². The van der Waals surface area contributed by atoms with Gasteiger partial charge < -0.3 is 28.7 Å². The second-order valence-corrected chi connectivity index (χ2v) is 7.20. The Hall–Kier alpha value is -2.74. The molecule has 0 saturated carbocycles. The third-order valence-corrected chi connectivity index (χ3v) is 4.52. The predicted molar refractivity (Wildman–Crippen MR) is 93.9 cm³/mol. The van der Waals surface area contributed by atoms with Crippen LogP contribution in [0.1, 0.15) is 43.1 Å². The number of nitrogens with one attached hydrogen (secondary N) is 1. The highest BCUT2D eigenvalue weighted by molar-refractivity contribution is 5.92. The lowest BCUT2D eigenvalue weighted by atomic mass is 9.94. The zero-order valence-electron chi connectivity index (χ0n) is 15.3. The van der Waals surface area contributed by atoms with Crippen molar-refractivity contribution in [3.05, 3.63) is 36.0 Å². The second kappa shape index (κ2) is 7.11. The summed E-state index contributed by atoms with van der Waals surface area (Å²) in [6.07, 6.45) is 2.89. The summed E-state index contributed by atoms with van der Waals surface area (Å²) in [5, 5.41) is 2.99. The Kier molecular flexibility index (Phi) is 4.65. The molecule has 3 heterocycles. The van der Waals surface area contributed by atoms with Gasteiger partial charge in [0.1, 0.15) is 12.0 Å². The average molecular weight is 374 g/mol. The first-order chi connectivity index (χ1) is 13.0. The number of carbonyl (C=O) groups is 1. The molecule has 2 aliphatic rings. The van der Waals surface area contributed by atoms with Gasteiger partial charge in [0.15, 0.2) is 23.8 Å². The fourth-order valence-corrected chi connectivity index (χ4v) is 3.21. The quantitative estimate of drug-likeness (QED) is 0.860. The third kappa shape index (κ3) is 4.16. The maximum atomic E-state index is 12.4. The molecule has 27 heavy (non-hydrogen) atoms. The normalized spacial score (nSPS) is 20.3. The maximum Gasteiger partial charge on any atom is 0.273 e. The van der Waals surface area contributed by atoms with E-state index in [1.807, 2.05) is 13.8 Å². The molecule has 0 aliphatic carbocycles. The molecule has 1 fully saturated rings. The molecule has 1 unspecified atom stereocenters. The van der Waals surface area contributed by atoms with E-state index in [0.29, 0.717) is 29.7 Å². The number of oxazole rings is 1. The molecular formula is C19H22N2O6. The van der Waals surface area contributed by atoms with Gasteiger partial charge in [-0.05, 0) is 38.8 Å². The summed E-state index contributed by atoms with van der Waals surface area (Å²) in [4.78, 5) is 16.6. The summed E-state index contributed by atoms with van der Waals surface area (Å²) >= 11 is 0. The number of benzene rings is 1. The molecule has 4 rings (SSSR count). The van der Waals surface area contributed by atoms with E-state index in [-0.39, 0.29) is 36.6 Å². The van der Waals surface area contributed by atoms with Crippen LogP contribution in [0.5, 0.6) is 17.2 Å². The number of amides is 1. The largest absolute Gasteiger partial charge is 0.484 e. The van der Waals surface area contributed by atoms with Gasteiger partial charge in [-0.1, -0.05) is 0 Å². The highest BCUT2D eigenvalue weighted by Gasteiger charge is 2.30. The molecular weight excluding hydrogens is 352 g/mol. The molecule has 2 aliphatic heterocycles. The first kappa shape index (κ1) is 17.7. The minimum atomic E-state index is -0.254. The van der Waals surface area contributed by atoms with Gasteiger partial charge in [0.05, 0.1) is 5.60 Å². The van der Waals surface area contributed by atoms with Crippen LogP contribution in [-0.2, 0) is 11.3 Å². The Bertz CT molecular complexity index is 831. The minimum absolute atomic E-state index is 0.0614. The van der Waals surface area contributed by atoms with E-state index in [4.69, 9.17) is 23.4 Å². The molecule has 1 aromatic carbocycles. The highest BCUT2D eigenvalue weighted by Crippen LogP contribution is 2.35. The number of nitrogens with zero attached hydrogens (tertiary/aromatic N) is 1. The lowest BCUT2D eigenvalue weighted by Crippen LogP contribution is -2.45. The lowest BCUT2D eigenvalue weighted by molar-refractivity contribution is -0.0615. The van der Waals surface area contributed by atoms with Crippen molar-refractivity contribution in [2.75, 3.05) is 13.4 Å². The van der Waals surface area contributed by atoms with Crippen LogP contribution < -0.4 is 19.5 Å². The van der Waals surface area contributed by atoms with Crippen molar-refractivity contribution in [3.8, 4) is 17.2 Å². The second-order valence-electron chi connectivity index (χ2n) is 7.20. The summed E-state index contributed by atoms with van der Waals surface area (Å²) < 4.78 is 27.2. The number of carbonyl (C=O) groups excluding carboxylic acids is 1. The zero-order chi connectivity index (χ0) is 18.9. The van der Waals surface area contributed by atoms with Gasteiger partial charge in [-0.25, -0.2) is 4.98 Å². The van der Waals surface area contributed by atoms with Crippen LogP contribution in [0.15, 0.2) is 28.9 Å². The first-order valence-corrected chi connectivity index (χ1v) is 8.90. The predicted octanol–water partition coefficient (Wildman–Crippen LogP) is 2.67. The van der Waals surface area contributed by atoms with Crippen LogP contribution in [0.3, 0.4) is 0 Å². The Balaban J connectivity index is 1.32. The number of hydrogen-bond acceptors (Lipinski definition) is 7. The van der Waals surface area contributed by atoms with E-state index in [1.54, 1.807) is 18.2 Å². The number of hydrogen-bond donors (Lipinski definition) is 1. The van der Waals surface area contributed by atoms with Crippen LogP contribution in [0, 0.1) is 0 Å². The smallest absolute Gasteiger partial charge is 0.273 e. The zero-order valence-corrected chi connectivity index (χ0v) is 15.3. The molecule has 1 atom stereocenters. The van der Waals surface area contributed by atoms with Gasteiger partial charge in [0, 0.05) is 18.7 Å². The van der Waals surface area contributed by atoms with Crippen molar-refractivity contribution in [2.24, 2.45) is 0 Å². The average Bonchev–Trinajstić information content (AvgIpc) is 3.28. The number of fused-ring (bicyclic) bond motifs is 1. The SMILES string of the molecule is CC1(C)CC(NC(=O)c2coc(COc3ccc4c(c3)OCO4)n2)CCO1. The van der Waals surface area contributed by atoms with Crippen molar-refractivity contribution in [3.63, 3.8) is 0 Å². The molecule has 1 N–H and O–H groups in total. The third-order valence-electron chi connectivity index (χ3n) is 4.52. The molecule has 1 saturated heterocycles. The molecule has 0 bridgehead atoms. The summed E-state index contributed by atoms with van der Waals surface area (Å²) in [7, 11) is 0. The molecule has 1 aromatic heterocycles. The Labute approximate surface area is 156 Å². The standard InChI is InChI=1S/C19H22N2O6/c1-19(2)8-12(5-6-27-19)20-18(22)14-9-24-17(21-14)10-23-13-3-4-15-16(7-13)26-11-25-15/h3-4,7,9,12H,5-6,8,10-11H2,1-2H3,(H,20,22). The first-order valence-electron chi connectivity index (χ1n) is 8.90. The van der Waals surface area contributed by atoms with E-state index in [9.17, 15) is 4.79 Å². The lowest BCUT2D eigenvalue weighted by Gasteiger charge is -2.35. The maximum absolute atomic E-state index is 12.4. The van der Waals surface area contributed by atoms with Gasteiger partial charge in [0.2, 0.25) is 12.7 Å². The molecule has 0 radical (unpaired) electrons. The summed E-state index contributed by atoms with van der Waals surface area (Å²) in [5.74, 6) is 2.00. The van der Waals surface area contributed by atoms with Crippen LogP contribution in [0.4, 0.5) is 0 Å². The van der Waals surface area contributed by atoms with E-state index >= 15 is 0 Å². The van der Waals surface area contributed by atoms with Crippen molar-refractivity contribution >= 4 is 5.91 Å². The van der Waals surface area contributed by atoms with Crippen molar-refractivity contribution in [1.29, 1.82) is 0 Å². The summed E-state index contributed by atoms with van der Waals surface area (Å²) in [6.45, 7) is 4.99. The van der Waals surface area contributed by atoms with Gasteiger partial charge >= 0.3 is 0 Å². The van der Waals surface area contributed by atoms with Crippen LogP contribution in [-0.4, -0.2) is 35.9 Å². The molecule has 2 aromatic rings. The van der Waals surface area contributed by atoms with Crippen molar-refractivity contribution in [1.82, 2.24) is 10.3 Å². The Morgan fingerprint density at radius 1 is 1.33 bits per heavy atom. The van der Waals surface area contributed by atoms with Crippen molar-refractivity contribution in [2.45, 2.75) is 44.9 Å². The van der Waals surface area contributed by atoms with Gasteiger partial charge in [-0.15, -0.1) is 0 Å². The number of ether oxygens (including phenoxy) is 4. The molecule has 8 nitrogen and oxygen atoms in total. The van der Waals surface area contributed by atoms with Crippen molar-refractivity contribution < 1.29 is 28.2 Å². The molecule has 1 amide bonds. The van der Waals surface area contributed by atoms with E-state index in [2.05, 4.69) is 10.3 Å². The fourth-order valence-electron chi connectivity index (χ4n) is 3.21. The van der Waals surface area contributed by atoms with E-state index in [0.717, 1.165) is 12.8 Å². The highest BCUT2D eigenvalue weighted by atomic mass is 16.7.